The van der Waals surface area contributed by atoms with Crippen LogP contribution in [-0.4, -0.2) is 39.0 Å². The molecule has 0 saturated carbocycles. The number of nitrogens with one attached hydrogen (secondary N) is 1. The molecule has 1 aliphatic heterocycles. The maximum absolute atomic E-state index is 13.3. The van der Waals surface area contributed by atoms with Crippen molar-refractivity contribution >= 4 is 9.84 Å². The van der Waals surface area contributed by atoms with Crippen LogP contribution in [-0.2, 0) is 20.2 Å². The number of alkyl halides is 6. The first kappa shape index (κ1) is 23.5. The van der Waals surface area contributed by atoms with E-state index in [9.17, 15) is 44.3 Å². The van der Waals surface area contributed by atoms with Gasteiger partial charge in [0.1, 0.15) is 10.6 Å². The first-order valence-electron chi connectivity index (χ1n) is 8.85. The molecular formula is C19H16F7NO3S. The van der Waals surface area contributed by atoms with Crippen LogP contribution in [0.25, 0.3) is 0 Å². The summed E-state index contributed by atoms with van der Waals surface area (Å²) in [5.74, 6) is -0.680. The Morgan fingerprint density at radius 2 is 1.39 bits per heavy atom. The molecule has 1 unspecified atom stereocenters. The largest absolute Gasteiger partial charge is 0.430 e. The molecule has 1 aliphatic rings. The van der Waals surface area contributed by atoms with Gasteiger partial charge in [0.15, 0.2) is 9.84 Å². The Bertz CT molecular complexity index is 1030. The van der Waals surface area contributed by atoms with E-state index in [1.165, 1.54) is 0 Å². The molecule has 170 valence electrons. The number of benzene rings is 2. The van der Waals surface area contributed by atoms with Gasteiger partial charge in [-0.2, -0.15) is 26.3 Å². The molecule has 1 saturated heterocycles. The molecular weight excluding hydrogens is 455 g/mol. The molecule has 0 spiro atoms. The van der Waals surface area contributed by atoms with E-state index >= 15 is 0 Å². The zero-order chi connectivity index (χ0) is 23.3. The summed E-state index contributed by atoms with van der Waals surface area (Å²) >= 11 is 0. The summed E-state index contributed by atoms with van der Waals surface area (Å²) in [4.78, 5) is -0.247. The number of halogens is 7. The molecule has 12 heteroatoms. The lowest BCUT2D eigenvalue weighted by molar-refractivity contribution is -0.376. The van der Waals surface area contributed by atoms with Gasteiger partial charge in [-0.05, 0) is 42.8 Å². The second-order valence-electron chi connectivity index (χ2n) is 7.16. The normalized spacial score (nSPS) is 20.8. The maximum Gasteiger partial charge on any atom is 0.430 e. The van der Waals surface area contributed by atoms with Crippen LogP contribution >= 0.6 is 0 Å². The van der Waals surface area contributed by atoms with Gasteiger partial charge >= 0.3 is 12.4 Å². The van der Waals surface area contributed by atoms with Crippen LogP contribution in [0.1, 0.15) is 17.5 Å². The van der Waals surface area contributed by atoms with Crippen molar-refractivity contribution in [2.75, 3.05) is 13.1 Å². The molecule has 0 aliphatic carbocycles. The fourth-order valence-electron chi connectivity index (χ4n) is 3.64. The monoisotopic (exact) mass is 471 g/mol. The molecule has 1 fully saturated rings. The summed E-state index contributed by atoms with van der Waals surface area (Å²) in [6, 6.07) is 6.40. The van der Waals surface area contributed by atoms with Gasteiger partial charge in [0, 0.05) is 12.1 Å². The number of hydrogen-bond acceptors (Lipinski definition) is 4. The Hall–Kier alpha value is -2.18. The van der Waals surface area contributed by atoms with E-state index < -0.39 is 43.9 Å². The van der Waals surface area contributed by atoms with E-state index in [1.807, 2.05) is 0 Å². The molecule has 2 aromatic rings. The van der Waals surface area contributed by atoms with Gasteiger partial charge in [0.25, 0.3) is 5.60 Å². The predicted molar refractivity (Wildman–Crippen MR) is 95.2 cm³/mol. The molecule has 3 rings (SSSR count). The summed E-state index contributed by atoms with van der Waals surface area (Å²) < 4.78 is 117. The number of rotatable bonds is 4. The van der Waals surface area contributed by atoms with Crippen molar-refractivity contribution in [2.24, 2.45) is 0 Å². The van der Waals surface area contributed by atoms with Crippen molar-refractivity contribution in [1.29, 1.82) is 0 Å². The Kier molecular flexibility index (Phi) is 5.64. The number of aliphatic hydroxyl groups is 1. The predicted octanol–water partition coefficient (Wildman–Crippen LogP) is 3.80. The van der Waals surface area contributed by atoms with Gasteiger partial charge in [0.05, 0.1) is 4.90 Å². The Balaban J connectivity index is 2.12. The molecule has 4 nitrogen and oxygen atoms in total. The summed E-state index contributed by atoms with van der Waals surface area (Å²) in [5.41, 5.74) is -6.66. The fourth-order valence-corrected chi connectivity index (χ4v) is 5.70. The van der Waals surface area contributed by atoms with Gasteiger partial charge in [0.2, 0.25) is 0 Å². The van der Waals surface area contributed by atoms with E-state index in [4.69, 9.17) is 0 Å². The van der Waals surface area contributed by atoms with Crippen LogP contribution < -0.4 is 5.32 Å². The van der Waals surface area contributed by atoms with E-state index in [-0.39, 0.29) is 30.0 Å². The first-order chi connectivity index (χ1) is 14.2. The summed E-state index contributed by atoms with van der Waals surface area (Å²) in [7, 11) is -4.21. The van der Waals surface area contributed by atoms with Gasteiger partial charge in [-0.3, -0.25) is 0 Å². The maximum atomic E-state index is 13.3. The molecule has 0 bridgehead atoms. The summed E-state index contributed by atoms with van der Waals surface area (Å²) in [5, 5.41) is 12.4. The molecule has 2 N–H and O–H groups in total. The molecule has 0 aromatic heterocycles. The van der Waals surface area contributed by atoms with Crippen molar-refractivity contribution in [3.8, 4) is 0 Å². The van der Waals surface area contributed by atoms with Crippen molar-refractivity contribution in [3.05, 3.63) is 65.5 Å². The SMILES string of the molecule is O=S(=O)(c1ccc(F)cc1)C1(c2ccc(C(O)(C(F)(F)F)C(F)(F)F)cc2)CCNC1. The Morgan fingerprint density at radius 1 is 0.871 bits per heavy atom. The lowest BCUT2D eigenvalue weighted by Gasteiger charge is -2.33. The van der Waals surface area contributed by atoms with Crippen LogP contribution in [0.4, 0.5) is 30.7 Å². The summed E-state index contributed by atoms with van der Waals surface area (Å²) in [6.07, 6.45) is -12.1. The Morgan fingerprint density at radius 3 is 1.81 bits per heavy atom. The number of hydrogen-bond donors (Lipinski definition) is 2. The average molecular weight is 471 g/mol. The van der Waals surface area contributed by atoms with Crippen molar-refractivity contribution in [2.45, 2.75) is 34.0 Å². The fraction of sp³-hybridized carbons (Fsp3) is 0.368. The van der Waals surface area contributed by atoms with Crippen molar-refractivity contribution in [1.82, 2.24) is 5.32 Å². The molecule has 2 aromatic carbocycles. The van der Waals surface area contributed by atoms with E-state index in [1.54, 1.807) is 0 Å². The van der Waals surface area contributed by atoms with Crippen LogP contribution in [0, 0.1) is 5.82 Å². The Labute approximate surface area is 172 Å². The first-order valence-corrected chi connectivity index (χ1v) is 10.3. The second-order valence-corrected chi connectivity index (χ2v) is 9.42. The van der Waals surface area contributed by atoms with Crippen LogP contribution in [0.15, 0.2) is 53.4 Å². The van der Waals surface area contributed by atoms with Gasteiger partial charge in [-0.25, -0.2) is 12.8 Å². The van der Waals surface area contributed by atoms with Gasteiger partial charge < -0.3 is 10.4 Å². The van der Waals surface area contributed by atoms with Crippen molar-refractivity contribution < 1.29 is 44.3 Å². The zero-order valence-electron chi connectivity index (χ0n) is 15.6. The molecule has 0 radical (unpaired) electrons. The van der Waals surface area contributed by atoms with Crippen LogP contribution in [0.5, 0.6) is 0 Å². The zero-order valence-corrected chi connectivity index (χ0v) is 16.4. The van der Waals surface area contributed by atoms with E-state index in [2.05, 4.69) is 5.32 Å². The van der Waals surface area contributed by atoms with Crippen LogP contribution in [0.3, 0.4) is 0 Å². The van der Waals surface area contributed by atoms with Crippen molar-refractivity contribution in [3.63, 3.8) is 0 Å². The van der Waals surface area contributed by atoms with Gasteiger partial charge in [-0.15, -0.1) is 0 Å². The third-order valence-electron chi connectivity index (χ3n) is 5.40. The minimum Gasteiger partial charge on any atom is -0.369 e. The average Bonchev–Trinajstić information content (AvgIpc) is 3.18. The second kappa shape index (κ2) is 7.45. The highest BCUT2D eigenvalue weighted by Crippen LogP contribution is 2.50. The van der Waals surface area contributed by atoms with E-state index in [0.717, 1.165) is 36.4 Å². The third-order valence-corrected chi connectivity index (χ3v) is 7.91. The summed E-state index contributed by atoms with van der Waals surface area (Å²) in [6.45, 7) is 0.0616. The quantitative estimate of drug-likeness (QED) is 0.526. The van der Waals surface area contributed by atoms with Crippen LogP contribution in [0.2, 0.25) is 0 Å². The molecule has 31 heavy (non-hydrogen) atoms. The van der Waals surface area contributed by atoms with Gasteiger partial charge in [-0.1, -0.05) is 24.3 Å². The highest BCUT2D eigenvalue weighted by Gasteiger charge is 2.71. The lowest BCUT2D eigenvalue weighted by Crippen LogP contribution is -2.54. The highest BCUT2D eigenvalue weighted by atomic mass is 32.2. The lowest BCUT2D eigenvalue weighted by atomic mass is 9.89. The molecule has 0 amide bonds. The standard InChI is InChI=1S/C19H16F7NO3S/c20-14-5-7-15(8-6-14)31(29,30)16(9-10-27-11-16)12-1-3-13(4-2-12)17(28,18(21,22)23)19(24,25)26/h1-8,27-28H,9-11H2. The molecule has 1 heterocycles. The molecule has 1 atom stereocenters. The minimum absolute atomic E-state index is 0.0190. The minimum atomic E-state index is -6.06. The third kappa shape index (κ3) is 3.60. The van der Waals surface area contributed by atoms with E-state index in [0.29, 0.717) is 12.1 Å². The number of sulfone groups is 1. The highest BCUT2D eigenvalue weighted by molar-refractivity contribution is 7.92. The smallest absolute Gasteiger partial charge is 0.369 e. The topological polar surface area (TPSA) is 66.4 Å².